The van der Waals surface area contributed by atoms with E-state index >= 15 is 0 Å². The molecule has 0 radical (unpaired) electrons. The number of nitrogens with zero attached hydrogens (tertiary/aromatic N) is 5. The molecule has 7 rings (SSSR count). The van der Waals surface area contributed by atoms with E-state index in [1.54, 1.807) is 23.1 Å². The van der Waals surface area contributed by atoms with E-state index in [0.29, 0.717) is 5.17 Å². The Morgan fingerprint density at radius 3 is 2.50 bits per heavy atom. The molecule has 0 unspecified atom stereocenters. The normalized spacial score (nSPS) is 16.5. The summed E-state index contributed by atoms with van der Waals surface area (Å²) in [5, 5.41) is 11.9. The van der Waals surface area contributed by atoms with E-state index in [2.05, 4.69) is 58.5 Å². The van der Waals surface area contributed by atoms with Crippen LogP contribution in [0.15, 0.2) is 94.3 Å². The second-order valence-corrected chi connectivity index (χ2v) is 12.3. The van der Waals surface area contributed by atoms with Crippen LogP contribution >= 0.6 is 34.7 Å². The van der Waals surface area contributed by atoms with Gasteiger partial charge in [-0.2, -0.15) is 5.10 Å². The molecule has 0 saturated carbocycles. The molecule has 8 heteroatoms. The molecule has 40 heavy (non-hydrogen) atoms. The Balaban J connectivity index is 1.40. The largest absolute Gasteiger partial charge is 0.322 e. The molecule has 0 bridgehead atoms. The number of fused-ring (bicyclic) bond motifs is 2. The molecule has 0 N–H and O–H groups in total. The van der Waals surface area contributed by atoms with Gasteiger partial charge in [0.15, 0.2) is 0 Å². The molecule has 2 aliphatic rings. The van der Waals surface area contributed by atoms with E-state index in [0.717, 1.165) is 56.0 Å². The summed E-state index contributed by atoms with van der Waals surface area (Å²) >= 11 is 9.61. The first-order chi connectivity index (χ1) is 19.7. The first-order valence-corrected chi connectivity index (χ1v) is 15.6. The molecule has 0 amide bonds. The zero-order valence-electron chi connectivity index (χ0n) is 22.0. The summed E-state index contributed by atoms with van der Waals surface area (Å²) in [6.07, 6.45) is 8.59. The maximum absolute atomic E-state index is 6.30. The first kappa shape index (κ1) is 25.4. The van der Waals surface area contributed by atoms with Crippen LogP contribution in [0.5, 0.6) is 0 Å². The fourth-order valence-electron chi connectivity index (χ4n) is 5.49. The van der Waals surface area contributed by atoms with Crippen molar-refractivity contribution in [2.24, 2.45) is 15.2 Å². The van der Waals surface area contributed by atoms with Crippen LogP contribution in [0.2, 0.25) is 5.02 Å². The molecule has 3 aromatic heterocycles. The van der Waals surface area contributed by atoms with Gasteiger partial charge in [0.1, 0.15) is 4.83 Å². The highest BCUT2D eigenvalue weighted by molar-refractivity contribution is 8.15. The highest BCUT2D eigenvalue weighted by Crippen LogP contribution is 2.44. The minimum absolute atomic E-state index is 0.692. The smallest absolute Gasteiger partial charge is 0.209 e. The number of benzene rings is 2. The van der Waals surface area contributed by atoms with Gasteiger partial charge in [-0.05, 0) is 79.1 Å². The highest BCUT2D eigenvalue weighted by Gasteiger charge is 2.26. The molecular weight excluding hydrogens is 554 g/mol. The summed E-state index contributed by atoms with van der Waals surface area (Å²) in [6.45, 7) is 2.03. The number of aliphatic imine (C=N–C) groups is 1. The van der Waals surface area contributed by atoms with Crippen molar-refractivity contribution in [1.82, 2.24) is 9.55 Å². The molecule has 0 fully saturated rings. The highest BCUT2D eigenvalue weighted by atomic mass is 35.5. The number of aromatic nitrogens is 2. The lowest BCUT2D eigenvalue weighted by atomic mass is 9.87. The third-order valence-electron chi connectivity index (χ3n) is 7.38. The van der Waals surface area contributed by atoms with Gasteiger partial charge in [0.25, 0.3) is 0 Å². The number of amidine groups is 1. The topological polar surface area (TPSA) is 54.9 Å². The van der Waals surface area contributed by atoms with Gasteiger partial charge in [0.05, 0.1) is 22.0 Å². The van der Waals surface area contributed by atoms with Gasteiger partial charge in [0, 0.05) is 34.2 Å². The predicted octanol–water partition coefficient (Wildman–Crippen LogP) is 8.60. The maximum atomic E-state index is 6.30. The van der Waals surface area contributed by atoms with Crippen LogP contribution in [0.3, 0.4) is 0 Å². The Morgan fingerprint density at radius 1 is 0.925 bits per heavy atom. The molecule has 0 spiro atoms. The van der Waals surface area contributed by atoms with E-state index < -0.39 is 0 Å². The van der Waals surface area contributed by atoms with Gasteiger partial charge in [-0.15, -0.1) is 16.4 Å². The summed E-state index contributed by atoms with van der Waals surface area (Å²) < 4.78 is 2.19. The summed E-state index contributed by atoms with van der Waals surface area (Å²) in [6, 6.07) is 22.6. The average Bonchev–Trinajstić information content (AvgIpc) is 3.76. The zero-order chi connectivity index (χ0) is 27.1. The second kappa shape index (κ2) is 10.8. The average molecular weight is 580 g/mol. The molecule has 0 saturated heterocycles. The van der Waals surface area contributed by atoms with Crippen molar-refractivity contribution in [3.63, 3.8) is 0 Å². The van der Waals surface area contributed by atoms with Gasteiger partial charge in [0.2, 0.25) is 5.17 Å². The number of rotatable bonds is 5. The quantitative estimate of drug-likeness (QED) is 0.155. The molecule has 5 nitrogen and oxygen atoms in total. The number of thioether (sulfide) groups is 1. The number of pyridine rings is 1. The monoisotopic (exact) mass is 579 g/mol. The molecular formula is C32H26ClN5S2. The van der Waals surface area contributed by atoms with Gasteiger partial charge in [-0.3, -0.25) is 0 Å². The minimum Gasteiger partial charge on any atom is -0.322 e. The standard InChI is InChI=1S/C32H26ClN5S2/c1-20(36-37-32-35-26(19-39-32)21-9-3-2-4-10-21)30-29(38-17-7-8-18-38)28-27(22-13-15-23(33)16-14-22)24-11-5-6-12-25(24)34-31(28)40-30/h2-4,7-10,13-18H,5-6,11-12,19H2,1H3/b36-20+,37-32+. The van der Waals surface area contributed by atoms with Crippen LogP contribution in [0.25, 0.3) is 27.0 Å². The van der Waals surface area contributed by atoms with Crippen molar-refractivity contribution in [3.05, 3.63) is 106 Å². The molecule has 198 valence electrons. The van der Waals surface area contributed by atoms with Crippen molar-refractivity contribution >= 4 is 61.5 Å². The van der Waals surface area contributed by atoms with E-state index in [1.165, 1.54) is 40.6 Å². The third kappa shape index (κ3) is 4.72. The zero-order valence-corrected chi connectivity index (χ0v) is 24.4. The van der Waals surface area contributed by atoms with E-state index in [-0.39, 0.29) is 0 Å². The summed E-state index contributed by atoms with van der Waals surface area (Å²) in [7, 11) is 0. The van der Waals surface area contributed by atoms with E-state index in [9.17, 15) is 0 Å². The Kier molecular flexibility index (Phi) is 6.87. The van der Waals surface area contributed by atoms with Crippen molar-refractivity contribution < 1.29 is 0 Å². The number of thiophene rings is 1. The molecule has 1 aliphatic carbocycles. The summed E-state index contributed by atoms with van der Waals surface area (Å²) in [5.41, 5.74) is 9.14. The summed E-state index contributed by atoms with van der Waals surface area (Å²) in [5.74, 6) is 0.800. The summed E-state index contributed by atoms with van der Waals surface area (Å²) in [4.78, 5) is 12.1. The third-order valence-corrected chi connectivity index (χ3v) is 9.66. The van der Waals surface area contributed by atoms with Gasteiger partial charge in [-0.25, -0.2) is 9.98 Å². The van der Waals surface area contributed by atoms with Crippen LogP contribution in [-0.4, -0.2) is 31.9 Å². The van der Waals surface area contributed by atoms with Gasteiger partial charge in [-0.1, -0.05) is 65.8 Å². The van der Waals surface area contributed by atoms with Crippen LogP contribution in [-0.2, 0) is 12.8 Å². The molecule has 1 aliphatic heterocycles. The van der Waals surface area contributed by atoms with Crippen LogP contribution < -0.4 is 0 Å². The van der Waals surface area contributed by atoms with Gasteiger partial charge >= 0.3 is 0 Å². The van der Waals surface area contributed by atoms with Crippen LogP contribution in [0.4, 0.5) is 0 Å². The number of hydrogen-bond acceptors (Lipinski definition) is 5. The molecule has 5 aromatic rings. The van der Waals surface area contributed by atoms with Crippen LogP contribution in [0.1, 0.15) is 41.5 Å². The lowest BCUT2D eigenvalue weighted by Gasteiger charge is -2.21. The lowest BCUT2D eigenvalue weighted by Crippen LogP contribution is -2.08. The minimum atomic E-state index is 0.692. The van der Waals surface area contributed by atoms with Crippen molar-refractivity contribution in [3.8, 4) is 16.8 Å². The Labute approximate surface area is 246 Å². The Bertz CT molecular complexity index is 1800. The second-order valence-electron chi connectivity index (χ2n) is 9.96. The van der Waals surface area contributed by atoms with Crippen molar-refractivity contribution in [2.45, 2.75) is 32.6 Å². The predicted molar refractivity (Wildman–Crippen MR) is 171 cm³/mol. The number of halogens is 1. The molecule has 4 heterocycles. The SMILES string of the molecule is C/C(=N\N=C1/N=C(c2ccccc2)CS1)c1sc2nc3c(c(-c4ccc(Cl)cc4)c2c1-n1cccc1)CCCC3. The van der Waals surface area contributed by atoms with Crippen molar-refractivity contribution in [2.75, 3.05) is 5.75 Å². The Morgan fingerprint density at radius 2 is 1.70 bits per heavy atom. The van der Waals surface area contributed by atoms with Crippen molar-refractivity contribution in [1.29, 1.82) is 0 Å². The Hall–Kier alpha value is -3.52. The molecule has 2 aromatic carbocycles. The van der Waals surface area contributed by atoms with E-state index in [1.807, 2.05) is 37.3 Å². The van der Waals surface area contributed by atoms with E-state index in [4.69, 9.17) is 26.7 Å². The number of aryl methyl sites for hydroxylation is 1. The first-order valence-electron chi connectivity index (χ1n) is 13.4. The van der Waals surface area contributed by atoms with Crippen LogP contribution in [0, 0.1) is 0 Å². The fraction of sp³-hybridized carbons (Fsp3) is 0.188. The molecule has 0 atom stereocenters. The van der Waals surface area contributed by atoms with Gasteiger partial charge < -0.3 is 4.57 Å². The lowest BCUT2D eigenvalue weighted by molar-refractivity contribution is 0.673. The fourth-order valence-corrected chi connectivity index (χ4v) is 7.53. The maximum Gasteiger partial charge on any atom is 0.209 e. The number of hydrogen-bond donors (Lipinski definition) is 0.